The molecule has 1 aromatic carbocycles. The lowest BCUT2D eigenvalue weighted by Gasteiger charge is -2.23. The number of nitrogens with one attached hydrogen (secondary N) is 1. The second kappa shape index (κ2) is 7.28. The molecule has 1 fully saturated rings. The summed E-state index contributed by atoms with van der Waals surface area (Å²) in [5, 5.41) is 12.1. The highest BCUT2D eigenvalue weighted by atomic mass is 32.2. The van der Waals surface area contributed by atoms with Gasteiger partial charge in [-0.05, 0) is 38.2 Å². The summed E-state index contributed by atoms with van der Waals surface area (Å²) in [6.45, 7) is 3.14. The Hall–Kier alpha value is -2.33. The van der Waals surface area contributed by atoms with Gasteiger partial charge < -0.3 is 10.2 Å². The van der Waals surface area contributed by atoms with Crippen molar-refractivity contribution >= 4 is 23.5 Å². The van der Waals surface area contributed by atoms with Crippen molar-refractivity contribution in [1.29, 1.82) is 5.26 Å². The number of hydrogen-bond donors (Lipinski definition) is 1. The lowest BCUT2D eigenvalue weighted by atomic mass is 10.1. The fraction of sp³-hybridized carbons (Fsp3) is 0.389. The van der Waals surface area contributed by atoms with Crippen LogP contribution in [0.5, 0.6) is 0 Å². The molecule has 7 heteroatoms. The lowest BCUT2D eigenvalue weighted by molar-refractivity contribution is 0.620. The maximum Gasteiger partial charge on any atom is 0.224 e. The first kappa shape index (κ1) is 17.5. The molecule has 2 heterocycles. The molecule has 0 spiro atoms. The van der Waals surface area contributed by atoms with Gasteiger partial charge in [0.2, 0.25) is 5.95 Å². The molecule has 2 aromatic rings. The first-order valence-electron chi connectivity index (χ1n) is 8.19. The molecule has 0 saturated carbocycles. The van der Waals surface area contributed by atoms with Gasteiger partial charge in [-0.2, -0.15) is 10.2 Å². The Bertz CT molecular complexity index is 833. The Balaban J connectivity index is 2.11. The van der Waals surface area contributed by atoms with Gasteiger partial charge in [0.1, 0.15) is 23.3 Å². The van der Waals surface area contributed by atoms with Crippen LogP contribution in [0.2, 0.25) is 0 Å². The minimum absolute atomic E-state index is 0.0764. The third-order valence-corrected chi connectivity index (χ3v) is 5.23. The van der Waals surface area contributed by atoms with Crippen molar-refractivity contribution in [3.63, 3.8) is 0 Å². The fourth-order valence-corrected chi connectivity index (χ4v) is 3.71. The van der Waals surface area contributed by atoms with Crippen LogP contribution in [0.1, 0.15) is 25.3 Å². The molecule has 130 valence electrons. The fourth-order valence-electron chi connectivity index (χ4n) is 3.11. The molecular formula is C18H20FN5S. The molecule has 1 saturated heterocycles. The Labute approximate surface area is 151 Å². The van der Waals surface area contributed by atoms with Crippen molar-refractivity contribution in [1.82, 2.24) is 9.97 Å². The zero-order valence-corrected chi connectivity index (χ0v) is 15.3. The average molecular weight is 357 g/mol. The predicted molar refractivity (Wildman–Crippen MR) is 99.5 cm³/mol. The number of nitriles is 1. The highest BCUT2D eigenvalue weighted by Gasteiger charge is 2.23. The van der Waals surface area contributed by atoms with Crippen LogP contribution in [0.25, 0.3) is 11.3 Å². The van der Waals surface area contributed by atoms with E-state index in [0.29, 0.717) is 28.1 Å². The SMILES string of the molecule is CNc1nc(-c2cc(F)c(C#N)c(SC)c2)cc(N2CCCC2C)n1. The van der Waals surface area contributed by atoms with Gasteiger partial charge in [-0.3, -0.25) is 0 Å². The van der Waals surface area contributed by atoms with Gasteiger partial charge in [-0.15, -0.1) is 11.8 Å². The third-order valence-electron chi connectivity index (χ3n) is 4.47. The maximum atomic E-state index is 14.3. The summed E-state index contributed by atoms with van der Waals surface area (Å²) in [6, 6.07) is 7.43. The molecule has 3 rings (SSSR count). The Morgan fingerprint density at radius 2 is 2.16 bits per heavy atom. The summed E-state index contributed by atoms with van der Waals surface area (Å²) in [6.07, 6.45) is 4.10. The van der Waals surface area contributed by atoms with Gasteiger partial charge in [0.25, 0.3) is 0 Å². The van der Waals surface area contributed by atoms with Crippen LogP contribution >= 0.6 is 11.8 Å². The summed E-state index contributed by atoms with van der Waals surface area (Å²) in [4.78, 5) is 11.9. The van der Waals surface area contributed by atoms with E-state index in [1.165, 1.54) is 17.8 Å². The van der Waals surface area contributed by atoms with E-state index in [4.69, 9.17) is 5.26 Å². The zero-order valence-electron chi connectivity index (χ0n) is 14.5. The Morgan fingerprint density at radius 3 is 2.76 bits per heavy atom. The summed E-state index contributed by atoms with van der Waals surface area (Å²) in [5.41, 5.74) is 1.37. The Morgan fingerprint density at radius 1 is 1.36 bits per heavy atom. The molecule has 1 atom stereocenters. The van der Waals surface area contributed by atoms with Crippen LogP contribution in [0.4, 0.5) is 16.2 Å². The molecular weight excluding hydrogens is 337 g/mol. The molecule has 0 radical (unpaired) electrons. The molecule has 1 aromatic heterocycles. The standard InChI is InChI=1S/C18H20FN5S/c1-11-5-4-6-24(11)17-9-15(22-18(21-2)23-17)12-7-14(19)13(10-20)16(8-12)25-3/h7-9,11H,4-6H2,1-3H3,(H,21,22,23). The van der Waals surface area contributed by atoms with Crippen molar-refractivity contribution in [2.24, 2.45) is 0 Å². The van der Waals surface area contributed by atoms with E-state index in [0.717, 1.165) is 25.2 Å². The molecule has 25 heavy (non-hydrogen) atoms. The normalized spacial score (nSPS) is 16.8. The molecule has 0 bridgehead atoms. The van der Waals surface area contributed by atoms with Crippen LogP contribution < -0.4 is 10.2 Å². The third kappa shape index (κ3) is 3.40. The summed E-state index contributed by atoms with van der Waals surface area (Å²) < 4.78 is 14.3. The average Bonchev–Trinajstić information content (AvgIpc) is 3.06. The van der Waals surface area contributed by atoms with Crippen molar-refractivity contribution in [2.75, 3.05) is 30.1 Å². The van der Waals surface area contributed by atoms with Crippen LogP contribution in [-0.2, 0) is 0 Å². The van der Waals surface area contributed by atoms with E-state index in [1.807, 2.05) is 24.5 Å². The maximum absolute atomic E-state index is 14.3. The molecule has 5 nitrogen and oxygen atoms in total. The van der Waals surface area contributed by atoms with Crippen LogP contribution in [0, 0.1) is 17.1 Å². The predicted octanol–water partition coefficient (Wildman–Crippen LogP) is 3.91. The minimum atomic E-state index is -0.523. The van der Waals surface area contributed by atoms with Gasteiger partial charge in [0.15, 0.2) is 0 Å². The molecule has 0 amide bonds. The summed E-state index contributed by atoms with van der Waals surface area (Å²) in [5.74, 6) is 0.821. The number of thioether (sulfide) groups is 1. The van der Waals surface area contributed by atoms with Gasteiger partial charge in [-0.25, -0.2) is 9.37 Å². The minimum Gasteiger partial charge on any atom is -0.357 e. The Kier molecular flexibility index (Phi) is 5.09. The van der Waals surface area contributed by atoms with Crippen LogP contribution in [0.15, 0.2) is 23.1 Å². The second-order valence-electron chi connectivity index (χ2n) is 6.02. The van der Waals surface area contributed by atoms with Gasteiger partial charge >= 0.3 is 0 Å². The number of nitrogens with zero attached hydrogens (tertiary/aromatic N) is 4. The zero-order chi connectivity index (χ0) is 18.0. The van der Waals surface area contributed by atoms with E-state index in [1.54, 1.807) is 7.05 Å². The summed E-state index contributed by atoms with van der Waals surface area (Å²) >= 11 is 1.35. The highest BCUT2D eigenvalue weighted by molar-refractivity contribution is 7.98. The second-order valence-corrected chi connectivity index (χ2v) is 6.86. The number of aromatic nitrogens is 2. The number of halogens is 1. The highest BCUT2D eigenvalue weighted by Crippen LogP contribution is 2.32. The summed E-state index contributed by atoms with van der Waals surface area (Å²) in [7, 11) is 1.77. The van der Waals surface area contributed by atoms with E-state index in [9.17, 15) is 4.39 Å². The lowest BCUT2D eigenvalue weighted by Crippen LogP contribution is -2.27. The van der Waals surface area contributed by atoms with E-state index < -0.39 is 5.82 Å². The monoisotopic (exact) mass is 357 g/mol. The van der Waals surface area contributed by atoms with Crippen molar-refractivity contribution < 1.29 is 4.39 Å². The van der Waals surface area contributed by atoms with Gasteiger partial charge in [0, 0.05) is 36.2 Å². The van der Waals surface area contributed by atoms with Crippen LogP contribution in [0.3, 0.4) is 0 Å². The quantitative estimate of drug-likeness (QED) is 0.837. The van der Waals surface area contributed by atoms with Gasteiger partial charge in [0.05, 0.1) is 5.69 Å². The smallest absolute Gasteiger partial charge is 0.224 e. The largest absolute Gasteiger partial charge is 0.357 e. The number of anilines is 2. The number of hydrogen-bond acceptors (Lipinski definition) is 6. The van der Waals surface area contributed by atoms with E-state index in [-0.39, 0.29) is 5.56 Å². The van der Waals surface area contributed by atoms with Crippen LogP contribution in [-0.4, -0.2) is 35.9 Å². The molecule has 1 unspecified atom stereocenters. The van der Waals surface area contributed by atoms with E-state index in [2.05, 4.69) is 27.1 Å². The number of rotatable bonds is 4. The molecule has 0 aliphatic carbocycles. The first-order valence-corrected chi connectivity index (χ1v) is 9.41. The van der Waals surface area contributed by atoms with Crippen molar-refractivity contribution in [2.45, 2.75) is 30.7 Å². The van der Waals surface area contributed by atoms with Crippen molar-refractivity contribution in [3.05, 3.63) is 29.6 Å². The van der Waals surface area contributed by atoms with E-state index >= 15 is 0 Å². The molecule has 1 N–H and O–H groups in total. The number of benzene rings is 1. The van der Waals surface area contributed by atoms with Gasteiger partial charge in [-0.1, -0.05) is 0 Å². The van der Waals surface area contributed by atoms with Crippen molar-refractivity contribution in [3.8, 4) is 17.3 Å². The molecule has 1 aliphatic rings. The topological polar surface area (TPSA) is 64.8 Å². The molecule has 1 aliphatic heterocycles. The first-order chi connectivity index (χ1) is 12.1.